The molecule has 0 aliphatic heterocycles. The third-order valence-corrected chi connectivity index (χ3v) is 2.83. The molecule has 1 amide bonds. The van der Waals surface area contributed by atoms with Crippen molar-refractivity contribution in [3.8, 4) is 11.8 Å². The Morgan fingerprint density at radius 2 is 1.73 bits per heavy atom. The van der Waals surface area contributed by atoms with Gasteiger partial charge in [-0.2, -0.15) is 4.21 Å². The molecule has 0 atom stereocenters. The molecule has 6 nitrogen and oxygen atoms in total. The van der Waals surface area contributed by atoms with Crippen molar-refractivity contribution in [2.24, 2.45) is 4.36 Å². The number of hydrogen-bond acceptors (Lipinski definition) is 4. The number of hydrogen-bond donors (Lipinski definition) is 1. The van der Waals surface area contributed by atoms with Crippen LogP contribution in [-0.2, 0) is 11.5 Å². The van der Waals surface area contributed by atoms with Crippen molar-refractivity contribution in [2.45, 2.75) is 0 Å². The van der Waals surface area contributed by atoms with Gasteiger partial charge in [-0.15, -0.1) is 4.36 Å². The van der Waals surface area contributed by atoms with E-state index in [1.54, 1.807) is 12.1 Å². The lowest BCUT2D eigenvalue weighted by Crippen LogP contribution is -1.96. The van der Waals surface area contributed by atoms with Crippen molar-refractivity contribution < 1.29 is 18.9 Å². The van der Waals surface area contributed by atoms with Crippen molar-refractivity contribution in [3.63, 3.8) is 0 Å². The van der Waals surface area contributed by atoms with E-state index in [0.29, 0.717) is 11.1 Å². The monoisotopic (exact) mass is 312 g/mol. The number of carboxylic acids is 1. The minimum Gasteiger partial charge on any atom is -0.478 e. The molecule has 7 heteroatoms. The SMILES string of the molecule is O=S=NC(=O)c1cncc(C#Cc2ccc(C(=O)O)cc2)c1. The fraction of sp³-hybridized carbons (Fsp3) is 0. The fourth-order valence-electron chi connectivity index (χ4n) is 1.55. The molecule has 0 saturated heterocycles. The summed E-state index contributed by atoms with van der Waals surface area (Å²) in [5.74, 6) is 3.97. The van der Waals surface area contributed by atoms with Gasteiger partial charge in [0.25, 0.3) is 5.91 Å². The van der Waals surface area contributed by atoms with Crippen molar-refractivity contribution in [2.75, 3.05) is 0 Å². The molecular weight excluding hydrogens is 304 g/mol. The lowest BCUT2D eigenvalue weighted by atomic mass is 10.1. The van der Waals surface area contributed by atoms with Crippen LogP contribution >= 0.6 is 0 Å². The average Bonchev–Trinajstić information content (AvgIpc) is 2.54. The Kier molecular flexibility index (Phi) is 4.90. The summed E-state index contributed by atoms with van der Waals surface area (Å²) in [7, 11) is 0. The van der Waals surface area contributed by atoms with Crippen LogP contribution in [0.1, 0.15) is 31.8 Å². The van der Waals surface area contributed by atoms with Crippen LogP contribution in [0.5, 0.6) is 0 Å². The highest BCUT2D eigenvalue weighted by molar-refractivity contribution is 7.55. The largest absolute Gasteiger partial charge is 0.478 e. The first-order valence-electron chi connectivity index (χ1n) is 5.95. The summed E-state index contributed by atoms with van der Waals surface area (Å²) < 4.78 is 13.4. The number of aromatic nitrogens is 1. The second kappa shape index (κ2) is 7.06. The van der Waals surface area contributed by atoms with E-state index >= 15 is 0 Å². The second-order valence-corrected chi connectivity index (χ2v) is 4.40. The Morgan fingerprint density at radius 3 is 2.36 bits per heavy atom. The Bertz CT molecular complexity index is 844. The quantitative estimate of drug-likeness (QED) is 0.852. The van der Waals surface area contributed by atoms with E-state index in [2.05, 4.69) is 21.2 Å². The number of rotatable bonds is 2. The van der Waals surface area contributed by atoms with Crippen LogP contribution in [0.3, 0.4) is 0 Å². The summed E-state index contributed by atoms with van der Waals surface area (Å²) in [5.41, 5.74) is 1.47. The standard InChI is InChI=1S/C15H8N2O4S/c18-14(17-22-21)13-7-11(8-16-9-13)2-1-10-3-5-12(6-4-10)15(19)20/h3-9H,(H,19,20). The van der Waals surface area contributed by atoms with Gasteiger partial charge in [-0.1, -0.05) is 11.8 Å². The van der Waals surface area contributed by atoms with E-state index in [1.165, 1.54) is 30.6 Å². The van der Waals surface area contributed by atoms with Crippen LogP contribution < -0.4 is 0 Å². The Morgan fingerprint density at radius 1 is 1.05 bits per heavy atom. The van der Waals surface area contributed by atoms with E-state index in [1.807, 2.05) is 0 Å². The molecule has 2 rings (SSSR count). The molecule has 1 N–H and O–H groups in total. The zero-order valence-electron chi connectivity index (χ0n) is 11.0. The third kappa shape index (κ3) is 3.94. The molecule has 1 aromatic carbocycles. The van der Waals surface area contributed by atoms with Gasteiger partial charge >= 0.3 is 5.97 Å². The third-order valence-electron chi connectivity index (χ3n) is 2.59. The average molecular weight is 312 g/mol. The van der Waals surface area contributed by atoms with Crippen molar-refractivity contribution in [1.29, 1.82) is 0 Å². The first-order chi connectivity index (χ1) is 10.6. The highest BCUT2D eigenvalue weighted by Crippen LogP contribution is 2.06. The van der Waals surface area contributed by atoms with Crippen LogP contribution in [0, 0.1) is 11.8 Å². The predicted octanol–water partition coefficient (Wildman–Crippen LogP) is 1.72. The van der Waals surface area contributed by atoms with Crippen molar-refractivity contribution in [3.05, 3.63) is 65.0 Å². The molecule has 0 spiro atoms. The molecule has 0 radical (unpaired) electrons. The number of carbonyl (C=O) groups is 2. The first kappa shape index (κ1) is 15.3. The molecule has 1 heterocycles. The lowest BCUT2D eigenvalue weighted by Gasteiger charge is -1.95. The van der Waals surface area contributed by atoms with Crippen LogP contribution in [0.2, 0.25) is 0 Å². The first-order valence-corrected chi connectivity index (χ1v) is 6.65. The Balaban J connectivity index is 2.24. The maximum atomic E-state index is 11.4. The van der Waals surface area contributed by atoms with Gasteiger partial charge in [-0.3, -0.25) is 9.78 Å². The van der Waals surface area contributed by atoms with Gasteiger partial charge in [0.05, 0.1) is 11.1 Å². The number of carboxylic acid groups (broad SMARTS) is 1. The topological polar surface area (TPSA) is 96.7 Å². The number of amides is 1. The van der Waals surface area contributed by atoms with Crippen LogP contribution in [0.15, 0.2) is 47.1 Å². The summed E-state index contributed by atoms with van der Waals surface area (Å²) in [5, 5.41) is 8.80. The van der Waals surface area contributed by atoms with E-state index in [0.717, 1.165) is 0 Å². The summed E-state index contributed by atoms with van der Waals surface area (Å²) >= 11 is -0.162. The molecule has 0 saturated carbocycles. The van der Waals surface area contributed by atoms with Gasteiger partial charge in [0.2, 0.25) is 11.5 Å². The number of carbonyl (C=O) groups excluding carboxylic acids is 1. The minimum atomic E-state index is -1.00. The molecular formula is C15H8N2O4S. The normalized spacial score (nSPS) is 9.27. The van der Waals surface area contributed by atoms with E-state index in [4.69, 9.17) is 5.11 Å². The predicted molar refractivity (Wildman–Crippen MR) is 78.5 cm³/mol. The second-order valence-electron chi connectivity index (χ2n) is 4.07. The lowest BCUT2D eigenvalue weighted by molar-refractivity contribution is 0.0696. The molecule has 0 fully saturated rings. The molecule has 0 aliphatic carbocycles. The zero-order chi connectivity index (χ0) is 15.9. The molecule has 0 aliphatic rings. The minimum absolute atomic E-state index is 0.162. The van der Waals surface area contributed by atoms with Crippen molar-refractivity contribution >= 4 is 23.3 Å². The van der Waals surface area contributed by atoms with E-state index in [9.17, 15) is 13.8 Å². The number of pyridine rings is 1. The summed E-state index contributed by atoms with van der Waals surface area (Å²) in [6.07, 6.45) is 2.77. The molecule has 108 valence electrons. The maximum Gasteiger partial charge on any atom is 0.335 e. The Hall–Kier alpha value is -3.11. The van der Waals surface area contributed by atoms with Crippen LogP contribution in [0.4, 0.5) is 0 Å². The van der Waals surface area contributed by atoms with E-state index in [-0.39, 0.29) is 22.6 Å². The highest BCUT2D eigenvalue weighted by atomic mass is 32.1. The Labute approximate surface area is 129 Å². The van der Waals surface area contributed by atoms with Gasteiger partial charge in [-0.25, -0.2) is 4.79 Å². The van der Waals surface area contributed by atoms with Crippen LogP contribution in [-0.4, -0.2) is 26.2 Å². The molecule has 2 aromatic rings. The van der Waals surface area contributed by atoms with Gasteiger partial charge in [-0.05, 0) is 30.3 Å². The van der Waals surface area contributed by atoms with Gasteiger partial charge in [0, 0.05) is 23.5 Å². The fourth-order valence-corrected chi connectivity index (χ4v) is 1.73. The van der Waals surface area contributed by atoms with Gasteiger partial charge < -0.3 is 5.11 Å². The molecule has 1 aromatic heterocycles. The molecule has 22 heavy (non-hydrogen) atoms. The zero-order valence-corrected chi connectivity index (χ0v) is 11.8. The summed E-state index contributed by atoms with van der Waals surface area (Å²) in [6, 6.07) is 7.56. The number of benzene rings is 1. The number of nitrogens with zero attached hydrogens (tertiary/aromatic N) is 2. The maximum absolute atomic E-state index is 11.4. The smallest absolute Gasteiger partial charge is 0.335 e. The van der Waals surface area contributed by atoms with Gasteiger partial charge in [0.15, 0.2) is 0 Å². The number of aromatic carboxylic acids is 1. The van der Waals surface area contributed by atoms with Gasteiger partial charge in [0.1, 0.15) is 0 Å². The van der Waals surface area contributed by atoms with Crippen LogP contribution in [0.25, 0.3) is 0 Å². The van der Waals surface area contributed by atoms with Crippen molar-refractivity contribution in [1.82, 2.24) is 4.98 Å². The summed E-state index contributed by atoms with van der Waals surface area (Å²) in [6.45, 7) is 0. The molecule has 0 unspecified atom stereocenters. The highest BCUT2D eigenvalue weighted by Gasteiger charge is 2.04. The van der Waals surface area contributed by atoms with E-state index < -0.39 is 11.9 Å². The summed E-state index contributed by atoms with van der Waals surface area (Å²) in [4.78, 5) is 26.0. The molecule has 0 bridgehead atoms.